The minimum absolute atomic E-state index is 0.00594. The second-order valence-electron chi connectivity index (χ2n) is 10.2. The van der Waals surface area contributed by atoms with Crippen molar-refractivity contribution in [3.05, 3.63) is 58.6 Å². The number of carbonyl (C=O) groups excluding carboxylic acids is 2. The Morgan fingerprint density at radius 3 is 1.36 bits per heavy atom. The van der Waals surface area contributed by atoms with Crippen molar-refractivity contribution in [3.63, 3.8) is 0 Å². The molecule has 0 spiro atoms. The maximum Gasteiger partial charge on any atom is 0.226 e. The third-order valence-corrected chi connectivity index (χ3v) is 12.8. The number of halogens is 2. The molecular formula is C28H30Cl2N4O8S2. The molecular weight excluding hydrogens is 655 g/mol. The zero-order valence-corrected chi connectivity index (χ0v) is 26.3. The fourth-order valence-corrected chi connectivity index (χ4v) is 9.91. The predicted octanol–water partition coefficient (Wildman–Crippen LogP) is 1.79. The van der Waals surface area contributed by atoms with Gasteiger partial charge in [0.1, 0.15) is 13.1 Å². The first-order valence-corrected chi connectivity index (χ1v) is 17.2. The molecule has 2 amide bonds. The van der Waals surface area contributed by atoms with Crippen molar-refractivity contribution in [2.24, 2.45) is 11.8 Å². The molecule has 0 radical (unpaired) electrons. The van der Waals surface area contributed by atoms with Crippen molar-refractivity contribution < 1.29 is 36.6 Å². The van der Waals surface area contributed by atoms with Crippen LogP contribution >= 0.6 is 23.2 Å². The SMILES string of the molecule is N#CCNC(=O)[C@@H]1C[C@H](S(=O)(=O)c2ccccc2Cl)C[C@H]1O.N#CCNC(=O)[C@H]1C[C@@H](S(=O)(=O)c2ccccc2Cl)C[C@@H]1O. The van der Waals surface area contributed by atoms with E-state index in [0.29, 0.717) is 0 Å². The van der Waals surface area contributed by atoms with Crippen LogP contribution < -0.4 is 10.6 Å². The second-order valence-corrected chi connectivity index (χ2v) is 15.4. The molecule has 6 atom stereocenters. The maximum absolute atomic E-state index is 12.6. The van der Waals surface area contributed by atoms with Crippen molar-refractivity contribution in [2.75, 3.05) is 13.1 Å². The van der Waals surface area contributed by atoms with Crippen LogP contribution in [0.25, 0.3) is 0 Å². The molecule has 2 aromatic rings. The summed E-state index contributed by atoms with van der Waals surface area (Å²) < 4.78 is 50.4. The Morgan fingerprint density at radius 2 is 1.05 bits per heavy atom. The molecule has 0 heterocycles. The number of nitrogens with zero attached hydrogens (tertiary/aromatic N) is 2. The lowest BCUT2D eigenvalue weighted by Crippen LogP contribution is -2.35. The Bertz CT molecular complexity index is 1550. The molecule has 12 nitrogen and oxygen atoms in total. The van der Waals surface area contributed by atoms with E-state index in [0.717, 1.165) is 0 Å². The summed E-state index contributed by atoms with van der Waals surface area (Å²) >= 11 is 11.9. The van der Waals surface area contributed by atoms with E-state index in [4.69, 9.17) is 33.7 Å². The summed E-state index contributed by atoms with van der Waals surface area (Å²) in [5.74, 6) is -2.69. The second kappa shape index (κ2) is 15.2. The van der Waals surface area contributed by atoms with E-state index in [1.165, 1.54) is 24.3 Å². The van der Waals surface area contributed by atoms with E-state index in [-0.39, 0.29) is 58.6 Å². The fourth-order valence-electron chi connectivity index (χ4n) is 5.24. The molecule has 0 aromatic heterocycles. The number of aliphatic hydroxyl groups is 2. The Labute approximate surface area is 265 Å². The smallest absolute Gasteiger partial charge is 0.226 e. The van der Waals surface area contributed by atoms with Crippen LogP contribution in [0.4, 0.5) is 0 Å². The van der Waals surface area contributed by atoms with Gasteiger partial charge in [0.25, 0.3) is 0 Å². The molecule has 0 unspecified atom stereocenters. The van der Waals surface area contributed by atoms with Crippen LogP contribution in [0.3, 0.4) is 0 Å². The van der Waals surface area contributed by atoms with E-state index < -0.39 is 66.0 Å². The van der Waals surface area contributed by atoms with Crippen LogP contribution in [0.1, 0.15) is 25.7 Å². The normalized spacial score (nSPS) is 24.7. The quantitative estimate of drug-likeness (QED) is 0.296. The van der Waals surface area contributed by atoms with Crippen molar-refractivity contribution in [1.82, 2.24) is 10.6 Å². The lowest BCUT2D eigenvalue weighted by molar-refractivity contribution is -0.128. The Hall–Kier alpha value is -3.24. The summed E-state index contributed by atoms with van der Waals surface area (Å²) in [5.41, 5.74) is 0. The van der Waals surface area contributed by atoms with Gasteiger partial charge < -0.3 is 20.8 Å². The lowest BCUT2D eigenvalue weighted by Gasteiger charge is -2.13. The number of hydrogen-bond acceptors (Lipinski definition) is 10. The molecule has 4 rings (SSSR count). The molecule has 2 saturated carbocycles. The molecule has 16 heteroatoms. The number of hydrogen-bond donors (Lipinski definition) is 4. The van der Waals surface area contributed by atoms with Crippen LogP contribution in [0.5, 0.6) is 0 Å². The minimum atomic E-state index is -3.73. The molecule has 2 aromatic carbocycles. The van der Waals surface area contributed by atoms with Crippen molar-refractivity contribution >= 4 is 54.7 Å². The first-order chi connectivity index (χ1) is 20.7. The first kappa shape index (κ1) is 35.2. The van der Waals surface area contributed by atoms with Crippen LogP contribution in [-0.2, 0) is 29.3 Å². The van der Waals surface area contributed by atoms with Gasteiger partial charge in [0.2, 0.25) is 11.8 Å². The van der Waals surface area contributed by atoms with Gasteiger partial charge in [-0.15, -0.1) is 0 Å². The van der Waals surface area contributed by atoms with Crippen molar-refractivity contribution in [1.29, 1.82) is 10.5 Å². The predicted molar refractivity (Wildman–Crippen MR) is 160 cm³/mol. The minimum Gasteiger partial charge on any atom is -0.392 e. The summed E-state index contributed by atoms with van der Waals surface area (Å²) in [6, 6.07) is 15.7. The van der Waals surface area contributed by atoms with Gasteiger partial charge in [-0.3, -0.25) is 9.59 Å². The number of benzene rings is 2. The van der Waals surface area contributed by atoms with Gasteiger partial charge in [-0.25, -0.2) is 16.8 Å². The highest BCUT2D eigenvalue weighted by Gasteiger charge is 2.45. The fraction of sp³-hybridized carbons (Fsp3) is 0.429. The molecule has 4 N–H and O–H groups in total. The lowest BCUT2D eigenvalue weighted by atomic mass is 10.1. The molecule has 2 aliphatic carbocycles. The third kappa shape index (κ3) is 8.07. The van der Waals surface area contributed by atoms with Crippen LogP contribution in [0.15, 0.2) is 58.3 Å². The molecule has 2 aliphatic rings. The number of amides is 2. The Morgan fingerprint density at radius 1 is 0.705 bits per heavy atom. The van der Waals surface area contributed by atoms with Crippen LogP contribution in [-0.4, -0.2) is 74.7 Å². The van der Waals surface area contributed by atoms with Gasteiger partial charge in [-0.1, -0.05) is 47.5 Å². The number of sulfone groups is 2. The molecule has 44 heavy (non-hydrogen) atoms. The number of nitriles is 2. The van der Waals surface area contributed by atoms with E-state index in [1.807, 2.05) is 0 Å². The highest BCUT2D eigenvalue weighted by Crippen LogP contribution is 2.37. The number of aliphatic hydroxyl groups excluding tert-OH is 2. The summed E-state index contributed by atoms with van der Waals surface area (Å²) in [6.07, 6.45) is -2.16. The summed E-state index contributed by atoms with van der Waals surface area (Å²) in [4.78, 5) is 23.7. The maximum atomic E-state index is 12.6. The van der Waals surface area contributed by atoms with Crippen LogP contribution in [0.2, 0.25) is 10.0 Å². The largest absolute Gasteiger partial charge is 0.392 e. The number of rotatable bonds is 8. The average molecular weight is 686 g/mol. The zero-order chi connectivity index (χ0) is 32.7. The third-order valence-electron chi connectivity index (χ3n) is 7.49. The van der Waals surface area contributed by atoms with Gasteiger partial charge in [0, 0.05) is 0 Å². The molecule has 0 aliphatic heterocycles. The van der Waals surface area contributed by atoms with Gasteiger partial charge in [-0.2, -0.15) is 10.5 Å². The van der Waals surface area contributed by atoms with Crippen molar-refractivity contribution in [3.8, 4) is 12.1 Å². The Balaban J connectivity index is 0.000000240. The summed E-state index contributed by atoms with van der Waals surface area (Å²) in [7, 11) is -7.45. The zero-order valence-electron chi connectivity index (χ0n) is 23.1. The van der Waals surface area contributed by atoms with E-state index in [1.54, 1.807) is 36.4 Å². The summed E-state index contributed by atoms with van der Waals surface area (Å²) in [5, 5.41) is 40.0. The van der Waals surface area contributed by atoms with E-state index in [9.17, 15) is 36.6 Å². The summed E-state index contributed by atoms with van der Waals surface area (Å²) in [6.45, 7) is -0.353. The van der Waals surface area contributed by atoms with Gasteiger partial charge in [0.15, 0.2) is 19.7 Å². The topological polar surface area (TPSA) is 215 Å². The van der Waals surface area contributed by atoms with E-state index in [2.05, 4.69) is 10.6 Å². The van der Waals surface area contributed by atoms with Gasteiger partial charge in [0.05, 0.1) is 66.5 Å². The van der Waals surface area contributed by atoms with Crippen molar-refractivity contribution in [2.45, 2.75) is 58.2 Å². The highest BCUT2D eigenvalue weighted by atomic mass is 35.5. The van der Waals surface area contributed by atoms with Gasteiger partial charge in [-0.05, 0) is 49.9 Å². The van der Waals surface area contributed by atoms with E-state index >= 15 is 0 Å². The highest BCUT2D eigenvalue weighted by molar-refractivity contribution is 7.92. The van der Waals surface area contributed by atoms with Crippen LogP contribution in [0, 0.1) is 34.5 Å². The molecule has 0 bridgehead atoms. The average Bonchev–Trinajstić information content (AvgIpc) is 3.59. The number of carbonyl (C=O) groups is 2. The standard InChI is InChI=1S/2C14H15ClN2O4S/c2*15-11-3-1-2-4-13(11)22(20,21)9-7-10(12(18)8-9)14(19)17-6-5-16/h2*1-4,9-10,12,18H,6-8H2,(H,17,19)/t2*9-,10+,12+/m10/s1. The number of nitrogens with one attached hydrogen (secondary N) is 2. The molecule has 236 valence electrons. The monoisotopic (exact) mass is 684 g/mol. The molecule has 0 saturated heterocycles. The van der Waals surface area contributed by atoms with Gasteiger partial charge >= 0.3 is 0 Å². The Kier molecular flexibility index (Phi) is 12.1. The molecule has 2 fully saturated rings. The first-order valence-electron chi connectivity index (χ1n) is 13.4.